The van der Waals surface area contributed by atoms with Crippen LogP contribution in [0.4, 0.5) is 0 Å². The fourth-order valence-electron chi connectivity index (χ4n) is 5.93. The van der Waals surface area contributed by atoms with Crippen molar-refractivity contribution in [2.75, 3.05) is 26.7 Å². The Hall–Kier alpha value is -2.41. The van der Waals surface area contributed by atoms with Gasteiger partial charge in [0, 0.05) is 60.2 Å². The van der Waals surface area contributed by atoms with Gasteiger partial charge in [0.1, 0.15) is 0 Å². The summed E-state index contributed by atoms with van der Waals surface area (Å²) in [6, 6.07) is 8.40. The summed E-state index contributed by atoms with van der Waals surface area (Å²) in [7, 11) is 2.19. The van der Waals surface area contributed by atoms with Crippen LogP contribution in [0.25, 0.3) is 10.9 Å². The molecule has 1 atom stereocenters. The maximum Gasteiger partial charge on any atom is 0.256 e. The van der Waals surface area contributed by atoms with Crippen molar-refractivity contribution in [2.24, 2.45) is 0 Å². The molecule has 3 aliphatic heterocycles. The van der Waals surface area contributed by atoms with E-state index in [-0.39, 0.29) is 11.5 Å². The Morgan fingerprint density at radius 1 is 1.24 bits per heavy atom. The zero-order valence-electron chi connectivity index (χ0n) is 19.0. The van der Waals surface area contributed by atoms with Crippen LogP contribution < -0.4 is 0 Å². The summed E-state index contributed by atoms with van der Waals surface area (Å²) in [4.78, 5) is 22.4. The van der Waals surface area contributed by atoms with Gasteiger partial charge in [-0.25, -0.2) is 0 Å². The molecule has 6 nitrogen and oxygen atoms in total. The summed E-state index contributed by atoms with van der Waals surface area (Å²) in [5.74, 6) is 0.0973. The first-order valence-corrected chi connectivity index (χ1v) is 12.3. The van der Waals surface area contributed by atoms with E-state index in [4.69, 9.17) is 16.3 Å². The molecule has 1 spiro atoms. The molecule has 1 amide bonds. The quantitative estimate of drug-likeness (QED) is 0.574. The van der Waals surface area contributed by atoms with Gasteiger partial charge in [-0.05, 0) is 63.0 Å². The number of benzene rings is 1. The van der Waals surface area contributed by atoms with E-state index in [1.54, 1.807) is 0 Å². The monoisotopic (exact) mass is 464 g/mol. The molecule has 0 saturated carbocycles. The zero-order chi connectivity index (χ0) is 22.6. The van der Waals surface area contributed by atoms with Gasteiger partial charge in [-0.15, -0.1) is 0 Å². The fraction of sp³-hybridized carbons (Fsp3) is 0.462. The van der Waals surface area contributed by atoms with Crippen molar-refractivity contribution in [3.63, 3.8) is 0 Å². The second-order valence-electron chi connectivity index (χ2n) is 9.74. The Kier molecular flexibility index (Phi) is 5.20. The van der Waals surface area contributed by atoms with E-state index in [2.05, 4.69) is 21.5 Å². The number of hydrogen-bond acceptors (Lipinski definition) is 4. The smallest absolute Gasteiger partial charge is 0.256 e. The molecule has 0 N–H and O–H groups in total. The van der Waals surface area contributed by atoms with Gasteiger partial charge in [0.05, 0.1) is 23.3 Å². The molecule has 1 aromatic carbocycles. The number of likely N-dealkylation sites (tertiary alicyclic amines) is 2. The van der Waals surface area contributed by atoms with Crippen molar-refractivity contribution in [1.29, 1.82) is 0 Å². The Bertz CT molecular complexity index is 1210. The van der Waals surface area contributed by atoms with Gasteiger partial charge in [-0.3, -0.25) is 9.78 Å². The molecule has 0 bridgehead atoms. The number of pyridine rings is 1. The summed E-state index contributed by atoms with van der Waals surface area (Å²) in [5.41, 5.74) is 3.94. The minimum absolute atomic E-state index is 0.0973. The van der Waals surface area contributed by atoms with Gasteiger partial charge in [-0.1, -0.05) is 17.7 Å². The van der Waals surface area contributed by atoms with E-state index >= 15 is 0 Å². The van der Waals surface area contributed by atoms with Crippen LogP contribution in [0.3, 0.4) is 0 Å². The number of likely N-dealkylation sites (N-methyl/N-ethyl adjacent to an activating group) is 1. The van der Waals surface area contributed by atoms with Crippen LogP contribution in [0.1, 0.15) is 47.2 Å². The van der Waals surface area contributed by atoms with Crippen LogP contribution in [-0.2, 0) is 23.5 Å². The Labute approximate surface area is 199 Å². The number of rotatable bonds is 3. The first kappa shape index (κ1) is 21.1. The minimum Gasteiger partial charge on any atom is -0.365 e. The fourth-order valence-corrected chi connectivity index (χ4v) is 6.10. The number of hydrogen-bond donors (Lipinski definition) is 0. The number of carbonyl (C=O) groups is 1. The van der Waals surface area contributed by atoms with Crippen molar-refractivity contribution in [3.8, 4) is 0 Å². The molecule has 0 unspecified atom stereocenters. The van der Waals surface area contributed by atoms with E-state index in [0.717, 1.165) is 42.4 Å². The molecule has 2 fully saturated rings. The third kappa shape index (κ3) is 3.56. The van der Waals surface area contributed by atoms with Crippen LogP contribution in [0.15, 0.2) is 42.9 Å². The van der Waals surface area contributed by atoms with Crippen LogP contribution >= 0.6 is 11.6 Å². The predicted octanol–water partition coefficient (Wildman–Crippen LogP) is 4.45. The maximum absolute atomic E-state index is 13.7. The number of fused-ring (bicyclic) bond motifs is 3. The lowest BCUT2D eigenvalue weighted by Crippen LogP contribution is -2.45. The zero-order valence-corrected chi connectivity index (χ0v) is 19.7. The first-order valence-electron chi connectivity index (χ1n) is 11.9. The summed E-state index contributed by atoms with van der Waals surface area (Å²) >= 11 is 6.35. The van der Waals surface area contributed by atoms with Gasteiger partial charge < -0.3 is 19.1 Å². The van der Waals surface area contributed by atoms with E-state index in [1.807, 2.05) is 47.8 Å². The molecule has 3 aliphatic rings. The van der Waals surface area contributed by atoms with E-state index in [0.29, 0.717) is 30.8 Å². The Morgan fingerprint density at radius 2 is 2.09 bits per heavy atom. The number of piperidine rings is 1. The molecular formula is C26H29ClN4O2. The minimum atomic E-state index is -0.297. The summed E-state index contributed by atoms with van der Waals surface area (Å²) in [5, 5.41) is 1.68. The third-order valence-electron chi connectivity index (χ3n) is 7.92. The molecule has 6 rings (SSSR count). The highest BCUT2D eigenvalue weighted by molar-refractivity contribution is 6.31. The highest BCUT2D eigenvalue weighted by atomic mass is 35.5. The highest BCUT2D eigenvalue weighted by Crippen LogP contribution is 2.44. The van der Waals surface area contributed by atoms with Gasteiger partial charge in [0.2, 0.25) is 0 Å². The number of ether oxygens (including phenoxy) is 1. The van der Waals surface area contributed by atoms with Gasteiger partial charge in [0.15, 0.2) is 0 Å². The number of carbonyl (C=O) groups excluding carboxylic acids is 1. The van der Waals surface area contributed by atoms with Crippen molar-refractivity contribution in [2.45, 2.75) is 50.5 Å². The first-order chi connectivity index (χ1) is 16.0. The molecule has 2 aromatic heterocycles. The van der Waals surface area contributed by atoms with E-state index in [9.17, 15) is 4.79 Å². The lowest BCUT2D eigenvalue weighted by molar-refractivity contribution is -0.0742. The summed E-state index contributed by atoms with van der Waals surface area (Å²) in [6.45, 7) is 4.00. The Balaban J connectivity index is 1.26. The molecule has 33 heavy (non-hydrogen) atoms. The Morgan fingerprint density at radius 3 is 2.88 bits per heavy atom. The van der Waals surface area contributed by atoms with E-state index in [1.165, 1.54) is 24.0 Å². The molecule has 3 aromatic rings. The normalized spacial score (nSPS) is 22.4. The van der Waals surface area contributed by atoms with Crippen molar-refractivity contribution >= 4 is 28.4 Å². The second kappa shape index (κ2) is 8.12. The lowest BCUT2D eigenvalue weighted by Gasteiger charge is -2.39. The average Bonchev–Trinajstić information content (AvgIpc) is 3.51. The lowest BCUT2D eigenvalue weighted by atomic mass is 9.84. The van der Waals surface area contributed by atoms with Gasteiger partial charge in [-0.2, -0.15) is 0 Å². The molecular weight excluding hydrogens is 436 g/mol. The third-order valence-corrected chi connectivity index (χ3v) is 8.15. The van der Waals surface area contributed by atoms with Crippen molar-refractivity contribution in [1.82, 2.24) is 19.4 Å². The van der Waals surface area contributed by atoms with E-state index < -0.39 is 0 Å². The molecule has 0 radical (unpaired) electrons. The number of aromatic nitrogens is 2. The summed E-state index contributed by atoms with van der Waals surface area (Å²) < 4.78 is 8.49. The van der Waals surface area contributed by atoms with Crippen LogP contribution in [0, 0.1) is 0 Å². The second-order valence-corrected chi connectivity index (χ2v) is 10.2. The number of nitrogens with zero attached hydrogens (tertiary/aromatic N) is 4. The highest BCUT2D eigenvalue weighted by Gasteiger charge is 2.43. The van der Waals surface area contributed by atoms with Crippen LogP contribution in [0.2, 0.25) is 5.02 Å². The van der Waals surface area contributed by atoms with Crippen LogP contribution in [0.5, 0.6) is 0 Å². The SMILES string of the molecule is CN1CCC[C@H]1Cn1cc(C(=O)N2CCC3(CC2)OCc2ccncc23)c2ccc(Cl)cc21. The number of amides is 1. The maximum atomic E-state index is 13.7. The van der Waals surface area contributed by atoms with Crippen molar-refractivity contribution < 1.29 is 9.53 Å². The molecule has 172 valence electrons. The van der Waals surface area contributed by atoms with Crippen LogP contribution in [-0.4, -0.2) is 58.0 Å². The topological polar surface area (TPSA) is 50.6 Å². The molecule has 2 saturated heterocycles. The molecule has 7 heteroatoms. The van der Waals surface area contributed by atoms with Gasteiger partial charge in [0.25, 0.3) is 5.91 Å². The molecule has 5 heterocycles. The van der Waals surface area contributed by atoms with Crippen molar-refractivity contribution in [3.05, 3.63) is 64.6 Å². The largest absolute Gasteiger partial charge is 0.365 e. The standard InChI is InChI=1S/C26H29ClN4O2/c1-29-10-2-3-20(29)15-31-16-22(21-5-4-19(27)13-24(21)31)25(32)30-11-7-26(8-12-30)23-14-28-9-6-18(23)17-33-26/h4-6,9,13-14,16,20H,2-3,7-8,10-12,15,17H2,1H3/t20-/m0/s1. The average molecular weight is 465 g/mol. The van der Waals surface area contributed by atoms with Gasteiger partial charge >= 0.3 is 0 Å². The number of halogens is 1. The molecule has 0 aliphatic carbocycles. The summed E-state index contributed by atoms with van der Waals surface area (Å²) in [6.07, 6.45) is 9.82. The predicted molar refractivity (Wildman–Crippen MR) is 128 cm³/mol.